The standard InChI is InChI=1S/C19H22N2O2/c1-14-12-16(20)8-9-17(14)18(22)21-10-11-23-19(2,13-21)15-6-4-3-5-7-15/h3-9,12H,10-11,13,20H2,1-2H3. The molecule has 0 saturated carbocycles. The van der Waals surface area contributed by atoms with Crippen LogP contribution in [-0.4, -0.2) is 30.5 Å². The zero-order valence-electron chi connectivity index (χ0n) is 13.6. The van der Waals surface area contributed by atoms with Crippen LogP contribution in [0.5, 0.6) is 0 Å². The first-order valence-corrected chi connectivity index (χ1v) is 7.84. The number of nitrogens with zero attached hydrogens (tertiary/aromatic N) is 1. The molecule has 1 amide bonds. The molecule has 4 heteroatoms. The Balaban J connectivity index is 1.85. The monoisotopic (exact) mass is 310 g/mol. The second-order valence-electron chi connectivity index (χ2n) is 6.25. The van der Waals surface area contributed by atoms with Gasteiger partial charge >= 0.3 is 0 Å². The van der Waals surface area contributed by atoms with E-state index in [1.165, 1.54) is 0 Å². The largest absolute Gasteiger partial charge is 0.399 e. The molecule has 3 rings (SSSR count). The minimum Gasteiger partial charge on any atom is -0.399 e. The zero-order chi connectivity index (χ0) is 16.4. The van der Waals surface area contributed by atoms with Crippen molar-refractivity contribution in [2.24, 2.45) is 0 Å². The molecule has 120 valence electrons. The van der Waals surface area contributed by atoms with Crippen LogP contribution in [0, 0.1) is 6.92 Å². The maximum Gasteiger partial charge on any atom is 0.254 e. The quantitative estimate of drug-likeness (QED) is 0.868. The van der Waals surface area contributed by atoms with E-state index in [-0.39, 0.29) is 5.91 Å². The minimum atomic E-state index is -0.475. The van der Waals surface area contributed by atoms with Gasteiger partial charge in [-0.05, 0) is 43.2 Å². The van der Waals surface area contributed by atoms with Gasteiger partial charge in [0, 0.05) is 17.8 Å². The molecule has 1 aliphatic heterocycles. The van der Waals surface area contributed by atoms with Crippen molar-refractivity contribution >= 4 is 11.6 Å². The summed E-state index contributed by atoms with van der Waals surface area (Å²) in [4.78, 5) is 14.8. The molecule has 1 heterocycles. The van der Waals surface area contributed by atoms with Gasteiger partial charge in [-0.2, -0.15) is 0 Å². The van der Waals surface area contributed by atoms with E-state index < -0.39 is 5.60 Å². The van der Waals surface area contributed by atoms with Crippen molar-refractivity contribution in [1.82, 2.24) is 4.90 Å². The second kappa shape index (κ2) is 6.05. The van der Waals surface area contributed by atoms with Crippen LogP contribution in [0.15, 0.2) is 48.5 Å². The summed E-state index contributed by atoms with van der Waals surface area (Å²) < 4.78 is 6.00. The van der Waals surface area contributed by atoms with E-state index in [1.807, 2.05) is 61.2 Å². The first-order chi connectivity index (χ1) is 11.0. The molecule has 1 saturated heterocycles. The third-order valence-electron chi connectivity index (χ3n) is 4.43. The van der Waals surface area contributed by atoms with Gasteiger partial charge < -0.3 is 15.4 Å². The highest BCUT2D eigenvalue weighted by molar-refractivity contribution is 5.96. The highest BCUT2D eigenvalue weighted by Gasteiger charge is 2.36. The summed E-state index contributed by atoms with van der Waals surface area (Å²) in [6, 6.07) is 15.5. The van der Waals surface area contributed by atoms with Crippen molar-refractivity contribution in [3.05, 3.63) is 65.2 Å². The average Bonchev–Trinajstić information content (AvgIpc) is 2.55. The Morgan fingerprint density at radius 2 is 1.96 bits per heavy atom. The molecule has 4 nitrogen and oxygen atoms in total. The molecule has 1 aliphatic rings. The molecule has 0 radical (unpaired) electrons. The number of aryl methyl sites for hydroxylation is 1. The van der Waals surface area contributed by atoms with Gasteiger partial charge in [0.15, 0.2) is 0 Å². The molecule has 2 aromatic rings. The lowest BCUT2D eigenvalue weighted by Crippen LogP contribution is -2.50. The Bertz CT molecular complexity index is 715. The van der Waals surface area contributed by atoms with Gasteiger partial charge in [0.05, 0.1) is 13.2 Å². The van der Waals surface area contributed by atoms with Gasteiger partial charge in [-0.25, -0.2) is 0 Å². The number of nitrogens with two attached hydrogens (primary N) is 1. The van der Waals surface area contributed by atoms with Crippen LogP contribution < -0.4 is 5.73 Å². The molecule has 2 N–H and O–H groups in total. The number of amides is 1. The van der Waals surface area contributed by atoms with Crippen LogP contribution in [-0.2, 0) is 10.3 Å². The molecule has 23 heavy (non-hydrogen) atoms. The minimum absolute atomic E-state index is 0.0351. The number of carbonyl (C=O) groups excluding carboxylic acids is 1. The van der Waals surface area contributed by atoms with E-state index in [1.54, 1.807) is 6.07 Å². The molecule has 1 fully saturated rings. The van der Waals surface area contributed by atoms with Gasteiger partial charge in [-0.15, -0.1) is 0 Å². The molecular weight excluding hydrogens is 288 g/mol. The summed E-state index contributed by atoms with van der Waals surface area (Å²) in [5.74, 6) is 0.0351. The van der Waals surface area contributed by atoms with E-state index in [2.05, 4.69) is 0 Å². The number of benzene rings is 2. The summed E-state index contributed by atoms with van der Waals surface area (Å²) in [7, 11) is 0. The summed E-state index contributed by atoms with van der Waals surface area (Å²) in [5, 5.41) is 0. The van der Waals surface area contributed by atoms with Crippen molar-refractivity contribution in [1.29, 1.82) is 0 Å². The van der Waals surface area contributed by atoms with Crippen LogP contribution in [0.25, 0.3) is 0 Å². The number of carbonyl (C=O) groups is 1. The number of ether oxygens (including phenoxy) is 1. The van der Waals surface area contributed by atoms with Gasteiger partial charge in [-0.1, -0.05) is 30.3 Å². The summed E-state index contributed by atoms with van der Waals surface area (Å²) in [6.07, 6.45) is 0. The molecule has 2 aromatic carbocycles. The Labute approximate surface area is 136 Å². The fourth-order valence-electron chi connectivity index (χ4n) is 3.11. The third kappa shape index (κ3) is 3.08. The lowest BCUT2D eigenvalue weighted by atomic mass is 9.93. The van der Waals surface area contributed by atoms with Crippen LogP contribution >= 0.6 is 0 Å². The Morgan fingerprint density at radius 1 is 1.22 bits per heavy atom. The summed E-state index contributed by atoms with van der Waals surface area (Å²) in [6.45, 7) is 5.63. The van der Waals surface area contributed by atoms with Gasteiger partial charge in [0.25, 0.3) is 5.91 Å². The number of hydrogen-bond donors (Lipinski definition) is 1. The first kappa shape index (κ1) is 15.6. The first-order valence-electron chi connectivity index (χ1n) is 7.84. The fourth-order valence-corrected chi connectivity index (χ4v) is 3.11. The number of nitrogen functional groups attached to an aromatic ring is 1. The average molecular weight is 310 g/mol. The van der Waals surface area contributed by atoms with Gasteiger partial charge in [-0.3, -0.25) is 4.79 Å². The van der Waals surface area contributed by atoms with Crippen LogP contribution in [0.4, 0.5) is 5.69 Å². The number of rotatable bonds is 2. The van der Waals surface area contributed by atoms with E-state index in [0.717, 1.165) is 11.1 Å². The normalized spacial score (nSPS) is 21.2. The van der Waals surface area contributed by atoms with E-state index in [4.69, 9.17) is 10.5 Å². The second-order valence-corrected chi connectivity index (χ2v) is 6.25. The van der Waals surface area contributed by atoms with E-state index in [0.29, 0.717) is 30.9 Å². The van der Waals surface area contributed by atoms with Crippen molar-refractivity contribution < 1.29 is 9.53 Å². The predicted molar refractivity (Wildman–Crippen MR) is 91.2 cm³/mol. The molecule has 1 atom stereocenters. The smallest absolute Gasteiger partial charge is 0.254 e. The van der Waals surface area contributed by atoms with Crippen molar-refractivity contribution in [3.8, 4) is 0 Å². The van der Waals surface area contributed by atoms with Crippen molar-refractivity contribution in [2.75, 3.05) is 25.4 Å². The molecular formula is C19H22N2O2. The summed E-state index contributed by atoms with van der Waals surface area (Å²) >= 11 is 0. The number of anilines is 1. The van der Waals surface area contributed by atoms with Crippen LogP contribution in [0.2, 0.25) is 0 Å². The van der Waals surface area contributed by atoms with Crippen LogP contribution in [0.3, 0.4) is 0 Å². The van der Waals surface area contributed by atoms with E-state index >= 15 is 0 Å². The lowest BCUT2D eigenvalue weighted by Gasteiger charge is -2.41. The van der Waals surface area contributed by atoms with Gasteiger partial charge in [0.1, 0.15) is 5.60 Å². The number of hydrogen-bond acceptors (Lipinski definition) is 3. The van der Waals surface area contributed by atoms with Gasteiger partial charge in [0.2, 0.25) is 0 Å². The van der Waals surface area contributed by atoms with Crippen molar-refractivity contribution in [3.63, 3.8) is 0 Å². The fraction of sp³-hybridized carbons (Fsp3) is 0.316. The highest BCUT2D eigenvalue weighted by atomic mass is 16.5. The van der Waals surface area contributed by atoms with E-state index in [9.17, 15) is 4.79 Å². The molecule has 0 aliphatic carbocycles. The topological polar surface area (TPSA) is 55.6 Å². The Kier molecular flexibility index (Phi) is 4.09. The molecule has 0 aromatic heterocycles. The SMILES string of the molecule is Cc1cc(N)ccc1C(=O)N1CCOC(C)(c2ccccc2)C1. The maximum atomic E-state index is 12.9. The molecule has 0 bridgehead atoms. The van der Waals surface area contributed by atoms with Crippen molar-refractivity contribution in [2.45, 2.75) is 19.4 Å². The molecule has 0 spiro atoms. The zero-order valence-corrected chi connectivity index (χ0v) is 13.6. The lowest BCUT2D eigenvalue weighted by molar-refractivity contribution is -0.0930. The highest BCUT2D eigenvalue weighted by Crippen LogP contribution is 2.30. The maximum absolute atomic E-state index is 12.9. The van der Waals surface area contributed by atoms with Crippen LogP contribution in [0.1, 0.15) is 28.4 Å². The number of morpholine rings is 1. The summed E-state index contributed by atoms with van der Waals surface area (Å²) in [5.41, 5.74) is 8.68. The Morgan fingerprint density at radius 3 is 2.65 bits per heavy atom. The molecule has 1 unspecified atom stereocenters. The Hall–Kier alpha value is -2.33. The predicted octanol–water partition coefficient (Wildman–Crippen LogP) is 2.97. The third-order valence-corrected chi connectivity index (χ3v) is 4.43.